The number of aromatic nitrogens is 2. The molecular formula is C19H23Cl2N5. The molecular weight excluding hydrogens is 369 g/mol. The molecule has 2 aliphatic rings. The number of rotatable bonds is 2. The average molecular weight is 392 g/mol. The fraction of sp³-hybridized carbons (Fsp3) is 0.474. The van der Waals surface area contributed by atoms with Crippen LogP contribution in [0.4, 0.5) is 11.6 Å². The van der Waals surface area contributed by atoms with Crippen molar-refractivity contribution in [2.45, 2.75) is 38.1 Å². The number of halogens is 2. The molecule has 0 amide bonds. The molecule has 2 aromatic rings. The summed E-state index contributed by atoms with van der Waals surface area (Å²) in [6.45, 7) is 1.89. The number of hydrogen-bond acceptors (Lipinski definition) is 5. The van der Waals surface area contributed by atoms with E-state index < -0.39 is 0 Å². The lowest BCUT2D eigenvalue weighted by molar-refractivity contribution is 0.197. The lowest BCUT2D eigenvalue weighted by Gasteiger charge is -2.42. The second kappa shape index (κ2) is 6.87. The highest BCUT2D eigenvalue weighted by molar-refractivity contribution is 6.43. The minimum atomic E-state index is 0.323. The Kier molecular flexibility index (Phi) is 4.71. The van der Waals surface area contributed by atoms with Gasteiger partial charge >= 0.3 is 0 Å². The van der Waals surface area contributed by atoms with Crippen molar-refractivity contribution in [2.75, 3.05) is 23.7 Å². The first-order valence-corrected chi connectivity index (χ1v) is 9.83. The summed E-state index contributed by atoms with van der Waals surface area (Å²) in [5.41, 5.74) is 14.2. The Hall–Kier alpha value is -1.56. The highest BCUT2D eigenvalue weighted by atomic mass is 35.5. The second-order valence-electron chi connectivity index (χ2n) is 7.41. The van der Waals surface area contributed by atoms with Gasteiger partial charge < -0.3 is 16.4 Å². The number of piperidine rings is 1. The first-order chi connectivity index (χ1) is 12.5. The molecule has 2 heterocycles. The zero-order valence-corrected chi connectivity index (χ0v) is 16.1. The molecule has 1 aliphatic carbocycles. The second-order valence-corrected chi connectivity index (χ2v) is 8.20. The van der Waals surface area contributed by atoms with E-state index in [1.807, 2.05) is 12.1 Å². The maximum absolute atomic E-state index is 6.37. The minimum Gasteiger partial charge on any atom is -0.382 e. The topological polar surface area (TPSA) is 81.1 Å². The summed E-state index contributed by atoms with van der Waals surface area (Å²) in [5, 5.41) is 0.918. The van der Waals surface area contributed by atoms with Crippen molar-refractivity contribution in [3.05, 3.63) is 34.4 Å². The highest BCUT2D eigenvalue weighted by Crippen LogP contribution is 2.46. The molecule has 7 heteroatoms. The van der Waals surface area contributed by atoms with Crippen LogP contribution in [-0.2, 0) is 0 Å². The molecule has 4 rings (SSSR count). The van der Waals surface area contributed by atoms with Crippen LogP contribution in [0.2, 0.25) is 10.0 Å². The van der Waals surface area contributed by atoms with Crippen molar-refractivity contribution < 1.29 is 0 Å². The Balaban J connectivity index is 1.55. The maximum atomic E-state index is 6.37. The van der Waals surface area contributed by atoms with Gasteiger partial charge in [0.25, 0.3) is 0 Å². The van der Waals surface area contributed by atoms with E-state index in [4.69, 9.17) is 34.7 Å². The van der Waals surface area contributed by atoms with E-state index in [0.717, 1.165) is 38.2 Å². The number of nitrogen functional groups attached to an aromatic ring is 1. The first kappa shape index (κ1) is 17.8. The summed E-state index contributed by atoms with van der Waals surface area (Å²) in [5.74, 6) is 1.18. The predicted octanol–water partition coefficient (Wildman–Crippen LogP) is 4.13. The fourth-order valence-corrected chi connectivity index (χ4v) is 4.80. The van der Waals surface area contributed by atoms with Crippen molar-refractivity contribution in [3.8, 4) is 11.3 Å². The summed E-state index contributed by atoms with van der Waals surface area (Å²) in [6, 6.07) is 5.75. The number of nitrogens with two attached hydrogens (primary N) is 2. The lowest BCUT2D eigenvalue weighted by atomic mass is 9.74. The van der Waals surface area contributed by atoms with Crippen LogP contribution >= 0.6 is 23.2 Å². The molecule has 1 spiro atoms. The van der Waals surface area contributed by atoms with Crippen molar-refractivity contribution in [2.24, 2.45) is 11.1 Å². The van der Waals surface area contributed by atoms with Crippen LogP contribution in [0, 0.1) is 5.41 Å². The van der Waals surface area contributed by atoms with Gasteiger partial charge in [-0.25, -0.2) is 9.97 Å². The van der Waals surface area contributed by atoms with E-state index in [1.54, 1.807) is 12.3 Å². The molecule has 138 valence electrons. The van der Waals surface area contributed by atoms with Crippen LogP contribution in [-0.4, -0.2) is 29.1 Å². The van der Waals surface area contributed by atoms with Crippen LogP contribution in [0.25, 0.3) is 11.3 Å². The average Bonchev–Trinajstić information content (AvgIpc) is 2.98. The van der Waals surface area contributed by atoms with E-state index in [9.17, 15) is 0 Å². The smallest absolute Gasteiger partial charge is 0.152 e. The van der Waals surface area contributed by atoms with Crippen LogP contribution in [0.1, 0.15) is 32.1 Å². The Morgan fingerprint density at radius 3 is 2.58 bits per heavy atom. The van der Waals surface area contributed by atoms with Gasteiger partial charge in [0.1, 0.15) is 11.5 Å². The van der Waals surface area contributed by atoms with Gasteiger partial charge in [-0.15, -0.1) is 0 Å². The summed E-state index contributed by atoms with van der Waals surface area (Å²) < 4.78 is 0. The van der Waals surface area contributed by atoms with Crippen LogP contribution < -0.4 is 16.4 Å². The molecule has 26 heavy (non-hydrogen) atoms. The maximum Gasteiger partial charge on any atom is 0.152 e. The molecule has 1 aromatic carbocycles. The molecule has 0 radical (unpaired) electrons. The molecule has 4 N–H and O–H groups in total. The van der Waals surface area contributed by atoms with Gasteiger partial charge in [0.05, 0.1) is 16.2 Å². The third kappa shape index (κ3) is 3.02. The van der Waals surface area contributed by atoms with Crippen molar-refractivity contribution in [1.82, 2.24) is 9.97 Å². The van der Waals surface area contributed by atoms with Crippen molar-refractivity contribution >= 4 is 34.8 Å². The molecule has 5 nitrogen and oxygen atoms in total. The summed E-state index contributed by atoms with van der Waals surface area (Å²) >= 11 is 12.4. The fourth-order valence-electron chi connectivity index (χ4n) is 4.41. The van der Waals surface area contributed by atoms with E-state index in [0.29, 0.717) is 38.6 Å². The lowest BCUT2D eigenvalue weighted by Crippen LogP contribution is -2.47. The van der Waals surface area contributed by atoms with E-state index in [1.165, 1.54) is 12.8 Å². The zero-order valence-electron chi connectivity index (χ0n) is 14.6. The summed E-state index contributed by atoms with van der Waals surface area (Å²) in [7, 11) is 0. The molecule has 1 aromatic heterocycles. The van der Waals surface area contributed by atoms with Gasteiger partial charge in [-0.2, -0.15) is 0 Å². The van der Waals surface area contributed by atoms with Gasteiger partial charge in [0, 0.05) is 24.7 Å². The summed E-state index contributed by atoms with van der Waals surface area (Å²) in [6.07, 6.45) is 7.65. The molecule has 1 saturated carbocycles. The first-order valence-electron chi connectivity index (χ1n) is 9.08. The highest BCUT2D eigenvalue weighted by Gasteiger charge is 2.43. The third-order valence-corrected chi connectivity index (χ3v) is 6.87. The monoisotopic (exact) mass is 391 g/mol. The van der Waals surface area contributed by atoms with E-state index in [-0.39, 0.29) is 0 Å². The molecule has 1 atom stereocenters. The quantitative estimate of drug-likeness (QED) is 0.803. The molecule has 1 saturated heterocycles. The normalized spacial score (nSPS) is 22.1. The third-order valence-electron chi connectivity index (χ3n) is 6.05. The largest absolute Gasteiger partial charge is 0.382 e. The molecule has 1 unspecified atom stereocenters. The van der Waals surface area contributed by atoms with E-state index in [2.05, 4.69) is 14.9 Å². The van der Waals surface area contributed by atoms with Crippen LogP contribution in [0.3, 0.4) is 0 Å². The van der Waals surface area contributed by atoms with E-state index >= 15 is 0 Å². The van der Waals surface area contributed by atoms with Gasteiger partial charge in [0.15, 0.2) is 5.82 Å². The van der Waals surface area contributed by atoms with Gasteiger partial charge in [0.2, 0.25) is 0 Å². The molecule has 1 aliphatic heterocycles. The standard InChI is InChI=1S/C19H23Cl2N5/c20-13-4-1-3-12(16(13)21)17-18(23)25-15(11-24-17)26-9-7-19(8-10-26)6-2-5-14(19)22/h1,3-4,11,14H,2,5-10,22H2,(H2,23,25). The van der Waals surface area contributed by atoms with Crippen LogP contribution in [0.5, 0.6) is 0 Å². The van der Waals surface area contributed by atoms with Crippen molar-refractivity contribution in [3.63, 3.8) is 0 Å². The van der Waals surface area contributed by atoms with Crippen LogP contribution in [0.15, 0.2) is 24.4 Å². The van der Waals surface area contributed by atoms with Crippen molar-refractivity contribution in [1.29, 1.82) is 0 Å². The zero-order chi connectivity index (χ0) is 18.3. The Morgan fingerprint density at radius 1 is 1.15 bits per heavy atom. The number of nitrogens with zero attached hydrogens (tertiary/aromatic N) is 3. The SMILES string of the molecule is Nc1nc(N2CCC3(CCCC3N)CC2)cnc1-c1cccc(Cl)c1Cl. The molecule has 0 bridgehead atoms. The Labute approximate surface area is 163 Å². The Bertz CT molecular complexity index is 818. The number of anilines is 2. The van der Waals surface area contributed by atoms with Gasteiger partial charge in [-0.1, -0.05) is 41.8 Å². The molecule has 2 fully saturated rings. The number of hydrogen-bond donors (Lipinski definition) is 2. The van der Waals surface area contributed by atoms with Gasteiger partial charge in [-0.05, 0) is 37.2 Å². The Morgan fingerprint density at radius 2 is 1.92 bits per heavy atom. The number of benzene rings is 1. The predicted molar refractivity (Wildman–Crippen MR) is 108 cm³/mol. The minimum absolute atomic E-state index is 0.323. The summed E-state index contributed by atoms with van der Waals surface area (Å²) in [4.78, 5) is 11.4. The van der Waals surface area contributed by atoms with Gasteiger partial charge in [-0.3, -0.25) is 0 Å².